The second-order valence-electron chi connectivity index (χ2n) is 31.5. The molecular weight excluding hydrogens is 1210 g/mol. The van der Waals surface area contributed by atoms with Crippen LogP contribution >= 0.6 is 0 Å². The van der Waals surface area contributed by atoms with Crippen LogP contribution in [0.1, 0.15) is 255 Å². The van der Waals surface area contributed by atoms with E-state index in [9.17, 15) is 0 Å². The van der Waals surface area contributed by atoms with Gasteiger partial charge in [0.1, 0.15) is 0 Å². The van der Waals surface area contributed by atoms with Gasteiger partial charge in [0, 0.05) is 60.9 Å². The number of rotatable bonds is 2. The Balaban J connectivity index is 0.000000268. The number of hydrogen-bond donors (Lipinski definition) is 0. The Labute approximate surface area is 610 Å². The Morgan fingerprint density at radius 1 is 0.290 bits per heavy atom. The summed E-state index contributed by atoms with van der Waals surface area (Å²) >= 11 is 0. The van der Waals surface area contributed by atoms with Crippen LogP contribution in [0.3, 0.4) is 0 Å². The molecule has 1 aromatic heterocycles. The van der Waals surface area contributed by atoms with Gasteiger partial charge in [0.05, 0.1) is 23.2 Å². The van der Waals surface area contributed by atoms with Crippen LogP contribution in [0, 0.1) is 172 Å². The summed E-state index contributed by atoms with van der Waals surface area (Å²) in [5.74, 6) is 4.50. The Kier molecular flexibility index (Phi) is 27.2. The summed E-state index contributed by atoms with van der Waals surface area (Å²) in [6.07, 6.45) is 9.19. The molecule has 0 atom stereocenters. The summed E-state index contributed by atoms with van der Waals surface area (Å²) in [4.78, 5) is 2.42. The van der Waals surface area contributed by atoms with Crippen molar-refractivity contribution in [3.8, 4) is 36.8 Å². The van der Waals surface area contributed by atoms with Gasteiger partial charge in [-0.05, 0) is 305 Å². The maximum Gasteiger partial charge on any atom is 0.0587 e. The van der Waals surface area contributed by atoms with Crippen LogP contribution in [0.5, 0.6) is 0 Å². The molecule has 0 saturated carbocycles. The summed E-state index contributed by atoms with van der Waals surface area (Å²) < 4.78 is 2.42. The molecule has 0 bridgehead atoms. The van der Waals surface area contributed by atoms with Crippen molar-refractivity contribution in [2.75, 3.05) is 11.9 Å². The third-order valence-corrected chi connectivity index (χ3v) is 25.0. The van der Waals surface area contributed by atoms with E-state index in [-0.39, 0.29) is 32.5 Å². The zero-order valence-corrected chi connectivity index (χ0v) is 69.2. The van der Waals surface area contributed by atoms with Gasteiger partial charge in [0.15, 0.2) is 0 Å². The number of benzene rings is 8. The highest BCUT2D eigenvalue weighted by Crippen LogP contribution is 2.56. The van der Waals surface area contributed by atoms with Crippen LogP contribution in [-0.2, 0) is 39.5 Å². The van der Waals surface area contributed by atoms with Crippen molar-refractivity contribution in [2.24, 2.45) is 7.05 Å². The number of nitriles is 2. The van der Waals surface area contributed by atoms with E-state index in [0.29, 0.717) is 0 Å². The minimum absolute atomic E-state index is 0.0399. The molecule has 0 N–H and O–H groups in total. The van der Waals surface area contributed by atoms with E-state index in [0.717, 1.165) is 0 Å². The lowest BCUT2D eigenvalue weighted by Crippen LogP contribution is -2.40. The van der Waals surface area contributed by atoms with Crippen molar-refractivity contribution in [1.29, 1.82) is 10.5 Å². The summed E-state index contributed by atoms with van der Waals surface area (Å²) in [5, 5.41) is 17.6. The number of anilines is 2. The van der Waals surface area contributed by atoms with Crippen LogP contribution in [0.25, 0.3) is 21.8 Å². The molecule has 2 aliphatic carbocycles. The SMILES string of the molecule is C#CC.C#CC.CC#N.CC#N.CC1(C)c2ccccc2C(C)(C)C(C)(C)c2ccccc21.CC1(C)c2ccccc2C(C)(C)C(C)(C)c2ccccc21.Cc1c(C)c(C)c(N(C)c2c(C)c(C)c(C)c(C)c2C)c(C)c1C.Cc1c(C)c(C)c2c(c1C)c1c(C)c(C)c(C)c(C)c1n2C. The number of terminal acetylenes is 2. The third kappa shape index (κ3) is 14.8. The molecule has 4 heteroatoms. The molecule has 0 amide bonds. The Hall–Kier alpha value is -8.54. The Morgan fingerprint density at radius 2 is 0.440 bits per heavy atom. The molecule has 0 saturated heterocycles. The summed E-state index contributed by atoms with van der Waals surface area (Å²) in [7, 11) is 4.46. The van der Waals surface area contributed by atoms with E-state index in [1.807, 2.05) is 0 Å². The number of aromatic nitrogens is 1. The van der Waals surface area contributed by atoms with Crippen molar-refractivity contribution in [2.45, 2.75) is 268 Å². The highest BCUT2D eigenvalue weighted by molar-refractivity contribution is 6.14. The van der Waals surface area contributed by atoms with Gasteiger partial charge in [-0.25, -0.2) is 0 Å². The zero-order valence-electron chi connectivity index (χ0n) is 69.2. The Morgan fingerprint density at radius 3 is 0.630 bits per heavy atom. The monoisotopic (exact) mass is 1330 g/mol. The van der Waals surface area contributed by atoms with Crippen LogP contribution in [0.4, 0.5) is 11.4 Å². The second kappa shape index (κ2) is 32.4. The molecule has 530 valence electrons. The fraction of sp³-hybridized carbons (Fsp3) is 0.438. The van der Waals surface area contributed by atoms with Crippen LogP contribution < -0.4 is 4.90 Å². The fourth-order valence-electron chi connectivity index (χ4n) is 16.2. The van der Waals surface area contributed by atoms with Gasteiger partial charge in [-0.1, -0.05) is 180 Å². The van der Waals surface area contributed by atoms with Crippen molar-refractivity contribution in [1.82, 2.24) is 4.57 Å². The summed E-state index contributed by atoms with van der Waals surface area (Å²) in [6.45, 7) is 75.4. The molecule has 11 rings (SSSR count). The molecule has 0 spiro atoms. The summed E-state index contributed by atoms with van der Waals surface area (Å²) in [6, 6.07) is 39.5. The number of nitrogens with zero attached hydrogens (tertiary/aromatic N) is 4. The first kappa shape index (κ1) is 83.9. The highest BCUT2D eigenvalue weighted by atomic mass is 15.1. The van der Waals surface area contributed by atoms with E-state index >= 15 is 0 Å². The maximum atomic E-state index is 7.32. The molecule has 1 heterocycles. The van der Waals surface area contributed by atoms with Crippen molar-refractivity contribution >= 4 is 33.2 Å². The molecule has 0 aliphatic heterocycles. The van der Waals surface area contributed by atoms with Crippen molar-refractivity contribution < 1.29 is 0 Å². The number of hydrogen-bond acceptors (Lipinski definition) is 3. The molecule has 8 aromatic carbocycles. The van der Waals surface area contributed by atoms with Crippen LogP contribution in [0.2, 0.25) is 0 Å². The van der Waals surface area contributed by atoms with Gasteiger partial charge in [0.25, 0.3) is 0 Å². The lowest BCUT2D eigenvalue weighted by Gasteiger charge is -2.42. The van der Waals surface area contributed by atoms with Gasteiger partial charge in [0.2, 0.25) is 0 Å². The minimum Gasteiger partial charge on any atom is -0.344 e. The first-order valence-electron chi connectivity index (χ1n) is 35.9. The fourth-order valence-corrected chi connectivity index (χ4v) is 16.2. The zero-order chi connectivity index (χ0) is 76.8. The first-order chi connectivity index (χ1) is 46.3. The third-order valence-electron chi connectivity index (χ3n) is 25.0. The van der Waals surface area contributed by atoms with Gasteiger partial charge in [-0.15, -0.1) is 24.7 Å². The standard InChI is InChI=1S/C23H33N.C21H27N.2C21H26.2C3H4.2C2H3N/c1-12-14(3)18(7)22(19(8)15(12)4)24(11)23-20(9)16(5)13(2)17(6)21(23)10;1-10-12(3)16(7)20-18(14(10)5)19-15(6)11(2)13(4)17(8)21(19)22(20)9;2*1-19(2)15-11-7-9-13-17(15)20(3,4)21(5,6)18-14-10-8-12-16(18)19;2*1-3-2;2*1-2-3/h1-11H3;1-9H3;2*7-14H,1-6H3;2*1H,2H3;2*1H3. The smallest absolute Gasteiger partial charge is 0.0587 e. The lowest BCUT2D eigenvalue weighted by atomic mass is 9.61. The molecular formula is C96H126N4. The summed E-state index contributed by atoms with van der Waals surface area (Å²) in [5.41, 5.74) is 43.3. The molecule has 100 heavy (non-hydrogen) atoms. The molecule has 0 radical (unpaired) electrons. The predicted octanol–water partition coefficient (Wildman–Crippen LogP) is 25.8. The predicted molar refractivity (Wildman–Crippen MR) is 440 cm³/mol. The minimum atomic E-state index is 0.0399. The second-order valence-corrected chi connectivity index (χ2v) is 31.5. The van der Waals surface area contributed by atoms with Crippen molar-refractivity contribution in [3.63, 3.8) is 0 Å². The van der Waals surface area contributed by atoms with Gasteiger partial charge in [-0.3, -0.25) is 0 Å². The first-order valence-corrected chi connectivity index (χ1v) is 35.9. The largest absolute Gasteiger partial charge is 0.344 e. The van der Waals surface area contributed by atoms with E-state index in [4.69, 9.17) is 10.5 Å². The molecule has 9 aromatic rings. The van der Waals surface area contributed by atoms with E-state index < -0.39 is 0 Å². The molecule has 0 unspecified atom stereocenters. The van der Waals surface area contributed by atoms with Gasteiger partial charge < -0.3 is 9.47 Å². The van der Waals surface area contributed by atoms with Crippen LogP contribution in [0.15, 0.2) is 97.1 Å². The topological polar surface area (TPSA) is 55.8 Å². The van der Waals surface area contributed by atoms with Gasteiger partial charge in [-0.2, -0.15) is 10.5 Å². The average Bonchev–Trinajstić information content (AvgIpc) is 1.57. The van der Waals surface area contributed by atoms with E-state index in [1.165, 1.54) is 192 Å². The molecule has 2 aliphatic rings. The maximum absolute atomic E-state index is 7.32. The normalized spacial score (nSPS) is 14.4. The highest BCUT2D eigenvalue weighted by Gasteiger charge is 2.49. The molecule has 4 nitrogen and oxygen atoms in total. The lowest BCUT2D eigenvalue weighted by molar-refractivity contribution is 0.304. The van der Waals surface area contributed by atoms with Gasteiger partial charge >= 0.3 is 0 Å². The van der Waals surface area contributed by atoms with Crippen molar-refractivity contribution in [3.05, 3.63) is 242 Å². The van der Waals surface area contributed by atoms with E-state index in [2.05, 4.69) is 353 Å². The van der Waals surface area contributed by atoms with E-state index in [1.54, 1.807) is 26.0 Å². The molecule has 0 fully saturated rings. The quantitative estimate of drug-likeness (QED) is 0.162. The average molecular weight is 1340 g/mol. The van der Waals surface area contributed by atoms with Crippen LogP contribution in [-0.4, -0.2) is 11.6 Å². The Bertz CT molecular complexity index is 4180. The number of fused-ring (bicyclic) bond motifs is 7. The number of aryl methyl sites for hydroxylation is 5.